The molecule has 0 saturated heterocycles. The van der Waals surface area contributed by atoms with Gasteiger partial charge in [-0.3, -0.25) is 4.98 Å². The molecule has 144 valence electrons. The summed E-state index contributed by atoms with van der Waals surface area (Å²) >= 11 is 0. The summed E-state index contributed by atoms with van der Waals surface area (Å²) in [4.78, 5) is 16.9. The number of anilines is 1. The Morgan fingerprint density at radius 1 is 1.07 bits per heavy atom. The second kappa shape index (κ2) is 7.46. The number of methoxy groups -OCH3 is 1. The second-order valence-electron chi connectivity index (χ2n) is 6.86. The van der Waals surface area contributed by atoms with Gasteiger partial charge in [0.1, 0.15) is 12.0 Å². The lowest BCUT2D eigenvalue weighted by atomic mass is 9.65. The lowest BCUT2D eigenvalue weighted by molar-refractivity contribution is 0.0963. The molecule has 0 unspecified atom stereocenters. The van der Waals surface area contributed by atoms with Gasteiger partial charge in [0.25, 0.3) is 0 Å². The Morgan fingerprint density at radius 2 is 1.82 bits per heavy atom. The summed E-state index contributed by atoms with van der Waals surface area (Å²) in [5.41, 5.74) is 1.27. The van der Waals surface area contributed by atoms with E-state index in [1.165, 1.54) is 18.3 Å². The fourth-order valence-electron chi connectivity index (χ4n) is 3.47. The third-order valence-electron chi connectivity index (χ3n) is 5.00. The van der Waals surface area contributed by atoms with Gasteiger partial charge in [-0.2, -0.15) is 0 Å². The van der Waals surface area contributed by atoms with Gasteiger partial charge in [0.05, 0.1) is 12.8 Å². The van der Waals surface area contributed by atoms with Gasteiger partial charge in [-0.1, -0.05) is 0 Å². The van der Waals surface area contributed by atoms with Crippen LogP contribution in [0.25, 0.3) is 11.1 Å². The van der Waals surface area contributed by atoms with Crippen LogP contribution in [0.3, 0.4) is 0 Å². The van der Waals surface area contributed by atoms with Crippen LogP contribution in [0, 0.1) is 5.82 Å². The zero-order valence-electron chi connectivity index (χ0n) is 15.3. The van der Waals surface area contributed by atoms with Crippen molar-refractivity contribution in [1.29, 1.82) is 0 Å². The minimum atomic E-state index is -0.950. The monoisotopic (exact) mass is 383 g/mol. The molecule has 1 aliphatic rings. The molecule has 0 spiro atoms. The maximum absolute atomic E-state index is 14.2. The number of nitrogens with zero attached hydrogens (tertiary/aromatic N) is 4. The quantitative estimate of drug-likeness (QED) is 0.702. The first-order chi connectivity index (χ1) is 13.6. The van der Waals surface area contributed by atoms with Crippen LogP contribution in [0.15, 0.2) is 49.1 Å². The average Bonchev–Trinajstić information content (AvgIpc) is 2.71. The van der Waals surface area contributed by atoms with E-state index in [1.54, 1.807) is 31.8 Å². The van der Waals surface area contributed by atoms with Crippen molar-refractivity contribution in [2.75, 3.05) is 19.0 Å². The van der Waals surface area contributed by atoms with E-state index in [0.717, 1.165) is 11.1 Å². The van der Waals surface area contributed by atoms with Crippen molar-refractivity contribution >= 4 is 5.95 Å². The Kier molecular flexibility index (Phi) is 4.85. The standard InChI is InChI=1S/C20H19F2N5O/c1-28-17-5-4-13(9-24-17)14-10-25-19(26-11-14)27-12-20(7-15(21)8-20)18-16(22)3-2-6-23-18/h2-6,9-11,15H,7-8,12H2,1H3,(H,25,26,27). The van der Waals surface area contributed by atoms with Gasteiger partial charge in [-0.25, -0.2) is 23.7 Å². The first-order valence-electron chi connectivity index (χ1n) is 8.91. The van der Waals surface area contributed by atoms with Crippen molar-refractivity contribution in [3.8, 4) is 17.0 Å². The lowest BCUT2D eigenvalue weighted by Crippen LogP contribution is -2.49. The summed E-state index contributed by atoms with van der Waals surface area (Å²) in [5, 5.41) is 3.10. The van der Waals surface area contributed by atoms with Crippen LogP contribution in [0.2, 0.25) is 0 Å². The summed E-state index contributed by atoms with van der Waals surface area (Å²) in [6, 6.07) is 6.51. The van der Waals surface area contributed by atoms with Gasteiger partial charge < -0.3 is 10.1 Å². The highest BCUT2D eigenvalue weighted by Gasteiger charge is 2.48. The van der Waals surface area contributed by atoms with E-state index in [9.17, 15) is 8.78 Å². The predicted molar refractivity (Wildman–Crippen MR) is 100 cm³/mol. The topological polar surface area (TPSA) is 72.8 Å². The van der Waals surface area contributed by atoms with E-state index in [0.29, 0.717) is 18.4 Å². The summed E-state index contributed by atoms with van der Waals surface area (Å²) in [6.45, 7) is 0.310. The number of ether oxygens (including phenoxy) is 1. The third kappa shape index (κ3) is 3.49. The number of pyridine rings is 2. The molecule has 8 heteroatoms. The Hall–Kier alpha value is -3.16. The maximum Gasteiger partial charge on any atom is 0.222 e. The SMILES string of the molecule is COc1ccc(-c2cnc(NCC3(c4ncccc4F)CC(F)C3)nc2)cn1. The van der Waals surface area contributed by atoms with Gasteiger partial charge in [0.15, 0.2) is 0 Å². The molecule has 0 bridgehead atoms. The van der Waals surface area contributed by atoms with E-state index >= 15 is 0 Å². The summed E-state index contributed by atoms with van der Waals surface area (Å²) < 4.78 is 32.9. The second-order valence-corrected chi connectivity index (χ2v) is 6.86. The minimum Gasteiger partial charge on any atom is -0.481 e. The van der Waals surface area contributed by atoms with E-state index in [-0.39, 0.29) is 18.5 Å². The molecular weight excluding hydrogens is 364 g/mol. The molecule has 3 aromatic rings. The molecular formula is C20H19F2N5O. The Bertz CT molecular complexity index is 944. The molecule has 6 nitrogen and oxygen atoms in total. The van der Waals surface area contributed by atoms with Crippen LogP contribution < -0.4 is 10.1 Å². The minimum absolute atomic E-state index is 0.226. The van der Waals surface area contributed by atoms with Crippen molar-refractivity contribution < 1.29 is 13.5 Å². The van der Waals surface area contributed by atoms with Crippen molar-refractivity contribution in [2.24, 2.45) is 0 Å². The third-order valence-corrected chi connectivity index (χ3v) is 5.00. The normalized spacial score (nSPS) is 21.0. The highest BCUT2D eigenvalue weighted by molar-refractivity contribution is 5.61. The Balaban J connectivity index is 1.47. The Morgan fingerprint density at radius 3 is 2.43 bits per heavy atom. The van der Waals surface area contributed by atoms with Gasteiger partial charge >= 0.3 is 0 Å². The number of nitrogens with one attached hydrogen (secondary N) is 1. The molecule has 3 heterocycles. The van der Waals surface area contributed by atoms with Crippen LogP contribution in [0.1, 0.15) is 18.5 Å². The molecule has 0 atom stereocenters. The average molecular weight is 383 g/mol. The first-order valence-corrected chi connectivity index (χ1v) is 8.91. The molecule has 0 amide bonds. The summed E-state index contributed by atoms with van der Waals surface area (Å²) in [6.07, 6.45) is 6.05. The van der Waals surface area contributed by atoms with Crippen molar-refractivity contribution in [1.82, 2.24) is 19.9 Å². The maximum atomic E-state index is 14.2. The molecule has 0 radical (unpaired) electrons. The highest BCUT2D eigenvalue weighted by Crippen LogP contribution is 2.45. The van der Waals surface area contributed by atoms with Crippen LogP contribution in [-0.4, -0.2) is 39.8 Å². The number of hydrogen-bond donors (Lipinski definition) is 1. The van der Waals surface area contributed by atoms with Crippen LogP contribution in [-0.2, 0) is 5.41 Å². The molecule has 1 fully saturated rings. The predicted octanol–water partition coefficient (Wildman–Crippen LogP) is 3.56. The van der Waals surface area contributed by atoms with Gasteiger partial charge in [-0.15, -0.1) is 0 Å². The first kappa shape index (κ1) is 18.2. The molecule has 28 heavy (non-hydrogen) atoms. The zero-order chi connectivity index (χ0) is 19.6. The number of aromatic nitrogens is 4. The van der Waals surface area contributed by atoms with Crippen LogP contribution in [0.5, 0.6) is 5.88 Å². The zero-order valence-corrected chi connectivity index (χ0v) is 15.3. The van der Waals surface area contributed by atoms with Crippen molar-refractivity contribution in [3.05, 3.63) is 60.6 Å². The van der Waals surface area contributed by atoms with Crippen LogP contribution >= 0.6 is 0 Å². The highest BCUT2D eigenvalue weighted by atomic mass is 19.1. The molecule has 1 N–H and O–H groups in total. The van der Waals surface area contributed by atoms with Gasteiger partial charge in [0.2, 0.25) is 11.8 Å². The number of hydrogen-bond acceptors (Lipinski definition) is 6. The van der Waals surface area contributed by atoms with E-state index in [4.69, 9.17) is 4.74 Å². The van der Waals surface area contributed by atoms with Gasteiger partial charge in [0, 0.05) is 53.9 Å². The number of alkyl halides is 1. The summed E-state index contributed by atoms with van der Waals surface area (Å²) in [5.74, 6) is 0.504. The number of halogens is 2. The smallest absolute Gasteiger partial charge is 0.222 e. The molecule has 0 aromatic carbocycles. The number of rotatable bonds is 6. The van der Waals surface area contributed by atoms with Gasteiger partial charge in [-0.05, 0) is 31.0 Å². The van der Waals surface area contributed by atoms with Crippen molar-refractivity contribution in [3.63, 3.8) is 0 Å². The lowest BCUT2D eigenvalue weighted by Gasteiger charge is -2.43. The summed E-state index contributed by atoms with van der Waals surface area (Å²) in [7, 11) is 1.56. The van der Waals surface area contributed by atoms with E-state index < -0.39 is 17.4 Å². The van der Waals surface area contributed by atoms with Crippen molar-refractivity contribution in [2.45, 2.75) is 24.4 Å². The largest absolute Gasteiger partial charge is 0.481 e. The Labute approximate surface area is 161 Å². The van der Waals surface area contributed by atoms with Crippen LogP contribution in [0.4, 0.5) is 14.7 Å². The molecule has 3 aromatic heterocycles. The van der Waals surface area contributed by atoms with E-state index in [1.807, 2.05) is 6.07 Å². The molecule has 1 saturated carbocycles. The fourth-order valence-corrected chi connectivity index (χ4v) is 3.47. The molecule has 0 aliphatic heterocycles. The fraction of sp³-hybridized carbons (Fsp3) is 0.300. The molecule has 1 aliphatic carbocycles. The molecule has 4 rings (SSSR count). The van der Waals surface area contributed by atoms with E-state index in [2.05, 4.69) is 25.3 Å².